The van der Waals surface area contributed by atoms with Crippen LogP contribution in [0.3, 0.4) is 0 Å². The summed E-state index contributed by atoms with van der Waals surface area (Å²) >= 11 is 12.3. The summed E-state index contributed by atoms with van der Waals surface area (Å²) in [5.74, 6) is 0.726. The molecule has 0 spiro atoms. The third-order valence-electron chi connectivity index (χ3n) is 3.12. The lowest BCUT2D eigenvalue weighted by atomic mass is 10.0. The fourth-order valence-corrected chi connectivity index (χ4v) is 2.72. The van der Waals surface area contributed by atoms with E-state index in [0.717, 1.165) is 23.6 Å². The number of halogens is 2. The summed E-state index contributed by atoms with van der Waals surface area (Å²) in [6, 6.07) is 5.39. The zero-order valence-electron chi connectivity index (χ0n) is 11.7. The van der Waals surface area contributed by atoms with Gasteiger partial charge in [-0.15, -0.1) is 0 Å². The van der Waals surface area contributed by atoms with Crippen LogP contribution in [-0.2, 0) is 7.05 Å². The molecular formula is C14H17Cl2N3O. The van der Waals surface area contributed by atoms with Crippen LogP contribution in [0.5, 0.6) is 5.75 Å². The van der Waals surface area contributed by atoms with Gasteiger partial charge in [-0.3, -0.25) is 4.68 Å². The Hall–Kier alpha value is -1.23. The topological polar surface area (TPSA) is 39.1 Å². The number of benzene rings is 1. The average Bonchev–Trinajstić information content (AvgIpc) is 2.78. The molecule has 1 N–H and O–H groups in total. The highest BCUT2D eigenvalue weighted by Crippen LogP contribution is 2.34. The minimum Gasteiger partial charge on any atom is -0.493 e. The molecule has 2 rings (SSSR count). The highest BCUT2D eigenvalue weighted by Gasteiger charge is 2.23. The van der Waals surface area contributed by atoms with Gasteiger partial charge in [0.2, 0.25) is 0 Å². The van der Waals surface area contributed by atoms with Crippen molar-refractivity contribution in [2.24, 2.45) is 7.05 Å². The van der Waals surface area contributed by atoms with Crippen LogP contribution >= 0.6 is 23.2 Å². The first kappa shape index (κ1) is 15.2. The summed E-state index contributed by atoms with van der Waals surface area (Å²) in [6.45, 7) is 2.83. The molecule has 0 saturated heterocycles. The van der Waals surface area contributed by atoms with Gasteiger partial charge < -0.3 is 10.1 Å². The second-order valence-electron chi connectivity index (χ2n) is 4.38. The molecule has 0 fully saturated rings. The highest BCUT2D eigenvalue weighted by molar-refractivity contribution is 6.35. The van der Waals surface area contributed by atoms with Gasteiger partial charge in [0, 0.05) is 17.1 Å². The molecule has 1 heterocycles. The number of methoxy groups -OCH3 is 1. The summed E-state index contributed by atoms with van der Waals surface area (Å²) in [4.78, 5) is 0. The Labute approximate surface area is 128 Å². The SMILES string of the molecule is CCNC(c1ccc(Cl)cc1Cl)c1c(OC)cnn1C. The van der Waals surface area contributed by atoms with Crippen LogP contribution in [0.4, 0.5) is 0 Å². The van der Waals surface area contributed by atoms with Crippen LogP contribution in [0.25, 0.3) is 0 Å². The minimum absolute atomic E-state index is 0.104. The number of hydrogen-bond acceptors (Lipinski definition) is 3. The Bertz CT molecular complexity index is 598. The van der Waals surface area contributed by atoms with E-state index in [0.29, 0.717) is 10.0 Å². The van der Waals surface area contributed by atoms with Gasteiger partial charge in [-0.25, -0.2) is 0 Å². The van der Waals surface area contributed by atoms with Crippen molar-refractivity contribution in [1.82, 2.24) is 15.1 Å². The van der Waals surface area contributed by atoms with Gasteiger partial charge >= 0.3 is 0 Å². The van der Waals surface area contributed by atoms with Crippen molar-refractivity contribution in [3.63, 3.8) is 0 Å². The van der Waals surface area contributed by atoms with Crippen LogP contribution < -0.4 is 10.1 Å². The average molecular weight is 314 g/mol. The van der Waals surface area contributed by atoms with Gasteiger partial charge in [-0.05, 0) is 24.2 Å². The summed E-state index contributed by atoms with van der Waals surface area (Å²) < 4.78 is 7.17. The molecule has 108 valence electrons. The monoisotopic (exact) mass is 313 g/mol. The lowest BCUT2D eigenvalue weighted by Gasteiger charge is -2.21. The van der Waals surface area contributed by atoms with Gasteiger partial charge in [-0.1, -0.05) is 36.2 Å². The van der Waals surface area contributed by atoms with Gasteiger partial charge in [-0.2, -0.15) is 5.10 Å². The maximum Gasteiger partial charge on any atom is 0.161 e. The summed E-state index contributed by atoms with van der Waals surface area (Å²) in [6.07, 6.45) is 1.70. The molecule has 0 radical (unpaired) electrons. The normalized spacial score (nSPS) is 12.4. The van der Waals surface area contributed by atoms with E-state index in [1.807, 2.05) is 26.1 Å². The first-order valence-electron chi connectivity index (χ1n) is 6.32. The Morgan fingerprint density at radius 1 is 1.40 bits per heavy atom. The quantitative estimate of drug-likeness (QED) is 0.919. The van der Waals surface area contributed by atoms with E-state index in [1.54, 1.807) is 24.1 Å². The van der Waals surface area contributed by atoms with Gasteiger partial charge in [0.05, 0.1) is 19.3 Å². The molecule has 0 bridgehead atoms. The van der Waals surface area contributed by atoms with Crippen LogP contribution in [-0.4, -0.2) is 23.4 Å². The first-order chi connectivity index (χ1) is 9.58. The number of aryl methyl sites for hydroxylation is 1. The Balaban J connectivity index is 2.53. The molecule has 1 atom stereocenters. The Kier molecular flexibility index (Phi) is 4.91. The molecule has 0 saturated carbocycles. The zero-order chi connectivity index (χ0) is 14.7. The Morgan fingerprint density at radius 3 is 2.75 bits per heavy atom. The lowest BCUT2D eigenvalue weighted by molar-refractivity contribution is 0.401. The van der Waals surface area contributed by atoms with E-state index >= 15 is 0 Å². The fraction of sp³-hybridized carbons (Fsp3) is 0.357. The molecule has 6 heteroatoms. The minimum atomic E-state index is -0.104. The lowest BCUT2D eigenvalue weighted by Crippen LogP contribution is -2.25. The van der Waals surface area contributed by atoms with E-state index < -0.39 is 0 Å². The van der Waals surface area contributed by atoms with Gasteiger partial charge in [0.15, 0.2) is 5.75 Å². The summed E-state index contributed by atoms with van der Waals surface area (Å²) in [7, 11) is 3.51. The summed E-state index contributed by atoms with van der Waals surface area (Å²) in [5, 5.41) is 8.89. The van der Waals surface area contributed by atoms with E-state index in [9.17, 15) is 0 Å². The highest BCUT2D eigenvalue weighted by atomic mass is 35.5. The van der Waals surface area contributed by atoms with Crippen LogP contribution in [0.2, 0.25) is 10.0 Å². The molecule has 1 unspecified atom stereocenters. The molecule has 1 aromatic carbocycles. The number of nitrogens with zero attached hydrogens (tertiary/aromatic N) is 2. The molecule has 2 aromatic rings. The maximum atomic E-state index is 6.33. The standard InChI is InChI=1S/C14H17Cl2N3O/c1-4-17-13(10-6-5-9(15)7-11(10)16)14-12(20-3)8-18-19(14)2/h5-8,13,17H,4H2,1-3H3. The molecule has 1 aromatic heterocycles. The largest absolute Gasteiger partial charge is 0.493 e. The third kappa shape index (κ3) is 2.92. The number of aromatic nitrogens is 2. The molecule has 4 nitrogen and oxygen atoms in total. The molecular weight excluding hydrogens is 297 g/mol. The number of nitrogens with one attached hydrogen (secondary N) is 1. The maximum absolute atomic E-state index is 6.33. The second-order valence-corrected chi connectivity index (χ2v) is 5.22. The smallest absolute Gasteiger partial charge is 0.161 e. The summed E-state index contributed by atoms with van der Waals surface area (Å²) in [5.41, 5.74) is 1.87. The van der Waals surface area contributed by atoms with Crippen molar-refractivity contribution in [2.75, 3.05) is 13.7 Å². The molecule has 0 aliphatic rings. The number of rotatable bonds is 5. The van der Waals surface area contributed by atoms with Crippen molar-refractivity contribution in [3.8, 4) is 5.75 Å². The fourth-order valence-electron chi connectivity index (χ4n) is 2.21. The van der Waals surface area contributed by atoms with Crippen molar-refractivity contribution in [2.45, 2.75) is 13.0 Å². The Morgan fingerprint density at radius 2 is 2.15 bits per heavy atom. The molecule has 20 heavy (non-hydrogen) atoms. The van der Waals surface area contributed by atoms with Gasteiger partial charge in [0.25, 0.3) is 0 Å². The number of ether oxygens (including phenoxy) is 1. The number of hydrogen-bond donors (Lipinski definition) is 1. The van der Waals surface area contributed by atoms with Crippen LogP contribution in [0, 0.1) is 0 Å². The molecule has 0 aliphatic carbocycles. The van der Waals surface area contributed by atoms with Crippen molar-refractivity contribution < 1.29 is 4.74 Å². The van der Waals surface area contributed by atoms with Gasteiger partial charge in [0.1, 0.15) is 5.69 Å². The van der Waals surface area contributed by atoms with Crippen LogP contribution in [0.15, 0.2) is 24.4 Å². The molecule has 0 amide bonds. The van der Waals surface area contributed by atoms with Crippen molar-refractivity contribution in [3.05, 3.63) is 45.7 Å². The first-order valence-corrected chi connectivity index (χ1v) is 7.08. The zero-order valence-corrected chi connectivity index (χ0v) is 13.2. The molecule has 0 aliphatic heterocycles. The predicted molar refractivity (Wildman–Crippen MR) is 81.7 cm³/mol. The predicted octanol–water partition coefficient (Wildman–Crippen LogP) is 3.43. The van der Waals surface area contributed by atoms with E-state index in [2.05, 4.69) is 10.4 Å². The van der Waals surface area contributed by atoms with E-state index in [4.69, 9.17) is 27.9 Å². The third-order valence-corrected chi connectivity index (χ3v) is 3.69. The van der Waals surface area contributed by atoms with Crippen LogP contribution in [0.1, 0.15) is 24.2 Å². The van der Waals surface area contributed by atoms with Crippen molar-refractivity contribution in [1.29, 1.82) is 0 Å². The van der Waals surface area contributed by atoms with E-state index in [-0.39, 0.29) is 6.04 Å². The van der Waals surface area contributed by atoms with Crippen molar-refractivity contribution >= 4 is 23.2 Å². The second kappa shape index (κ2) is 6.48. The van der Waals surface area contributed by atoms with E-state index in [1.165, 1.54) is 0 Å².